The molecule has 2 bridgehead atoms. The van der Waals surface area contributed by atoms with E-state index >= 15 is 0 Å². The molecule has 0 aliphatic carbocycles. The van der Waals surface area contributed by atoms with E-state index in [1.54, 1.807) is 0 Å². The van der Waals surface area contributed by atoms with Crippen LogP contribution in [0.4, 0.5) is 11.8 Å². The fourth-order valence-corrected chi connectivity index (χ4v) is 6.93. The maximum absolute atomic E-state index is 13.7. The summed E-state index contributed by atoms with van der Waals surface area (Å²) in [5.41, 5.74) is 11.2. The van der Waals surface area contributed by atoms with Crippen LogP contribution in [0.3, 0.4) is 0 Å². The molecule has 0 amide bonds. The van der Waals surface area contributed by atoms with E-state index in [4.69, 9.17) is 39.0 Å². The molecular formula is C20H26BN10O12P2-. The van der Waals surface area contributed by atoms with Crippen LogP contribution in [0.5, 0.6) is 0 Å². The Morgan fingerprint density at radius 2 is 1.58 bits per heavy atom. The van der Waals surface area contributed by atoms with Crippen molar-refractivity contribution in [2.45, 2.75) is 49.1 Å². The molecule has 3 fully saturated rings. The number of aliphatic hydroxyl groups is 2. The first kappa shape index (κ1) is 30.3. The quantitative estimate of drug-likeness (QED) is 0.0915. The summed E-state index contributed by atoms with van der Waals surface area (Å²) in [6.07, 6.45) is -7.61. The number of nitrogen functional groups attached to an aromatic ring is 2. The molecule has 4 aromatic rings. The number of phosphoric ester groups is 1. The van der Waals surface area contributed by atoms with Crippen LogP contribution < -0.4 is 17.0 Å². The molecule has 242 valence electrons. The van der Waals surface area contributed by atoms with Gasteiger partial charge in [-0.3, -0.25) is 28.0 Å². The first-order valence-corrected chi connectivity index (χ1v) is 15.3. The van der Waals surface area contributed by atoms with Crippen molar-refractivity contribution in [1.82, 2.24) is 39.0 Å². The van der Waals surface area contributed by atoms with Crippen LogP contribution in [-0.4, -0.2) is 112 Å². The summed E-state index contributed by atoms with van der Waals surface area (Å²) in [5.74, 6) is -0.147. The Labute approximate surface area is 251 Å². The monoisotopic (exact) mass is 671 g/mol. The molecule has 4 unspecified atom stereocenters. The van der Waals surface area contributed by atoms with Crippen molar-refractivity contribution < 1.29 is 51.8 Å². The third-order valence-corrected chi connectivity index (χ3v) is 8.98. The van der Waals surface area contributed by atoms with E-state index in [1.165, 1.54) is 28.1 Å². The van der Waals surface area contributed by atoms with Crippen molar-refractivity contribution in [3.05, 3.63) is 29.3 Å². The fraction of sp³-hybridized carbons (Fsp3) is 0.500. The summed E-state index contributed by atoms with van der Waals surface area (Å²) >= 11 is 0. The predicted octanol–water partition coefficient (Wildman–Crippen LogP) is -2.97. The average Bonchev–Trinajstić information content (AvgIpc) is 3.72. The summed E-state index contributed by atoms with van der Waals surface area (Å²) in [6.45, 7) is -1.24. The van der Waals surface area contributed by atoms with Crippen molar-refractivity contribution in [3.63, 3.8) is 0 Å². The molecule has 45 heavy (non-hydrogen) atoms. The molecule has 7 rings (SSSR count). The Bertz CT molecular complexity index is 1940. The SMILES string of the molecule is [BH3-]P1(=O)OC[C@H]2O[C@@H](n3cnc4c(N)ncnc43)[C@@H](O)C2OP(=O)(O)OC[C@H]2O[C@@H](n3cnc4c(=O)[nH]c(N)nc43)[C@@H](O1)C2O. The highest BCUT2D eigenvalue weighted by Gasteiger charge is 2.52. The van der Waals surface area contributed by atoms with Crippen molar-refractivity contribution in [2.75, 3.05) is 24.7 Å². The van der Waals surface area contributed by atoms with Gasteiger partial charge in [-0.15, -0.1) is 0 Å². The maximum atomic E-state index is 13.7. The summed E-state index contributed by atoms with van der Waals surface area (Å²) in [4.78, 5) is 45.5. The summed E-state index contributed by atoms with van der Waals surface area (Å²) < 4.78 is 63.4. The zero-order valence-corrected chi connectivity index (χ0v) is 23.7. The number of phosphoric acid groups is 1. The molecule has 8 N–H and O–H groups in total. The highest BCUT2D eigenvalue weighted by atomic mass is 31.2. The lowest BCUT2D eigenvalue weighted by molar-refractivity contribution is -0.0621. The summed E-state index contributed by atoms with van der Waals surface area (Å²) in [5, 5.41) is 22.3. The van der Waals surface area contributed by atoms with E-state index in [2.05, 4.69) is 29.9 Å². The number of aliphatic hydroxyl groups excluding tert-OH is 2. The predicted molar refractivity (Wildman–Crippen MR) is 151 cm³/mol. The molecule has 0 saturated carbocycles. The van der Waals surface area contributed by atoms with E-state index in [1.807, 2.05) is 0 Å². The summed E-state index contributed by atoms with van der Waals surface area (Å²) in [7, 11) is -10.1. The van der Waals surface area contributed by atoms with Crippen LogP contribution in [-0.2, 0) is 36.7 Å². The van der Waals surface area contributed by atoms with Gasteiger partial charge in [-0.2, -0.15) is 4.98 Å². The van der Waals surface area contributed by atoms with Gasteiger partial charge in [0, 0.05) is 0 Å². The van der Waals surface area contributed by atoms with Gasteiger partial charge in [-0.25, -0.2) is 24.5 Å². The number of aromatic nitrogens is 8. The number of fused-ring (bicyclic) bond motifs is 5. The number of nitrogens with one attached hydrogen (secondary N) is 1. The van der Waals surface area contributed by atoms with Gasteiger partial charge in [0.25, 0.3) is 5.56 Å². The van der Waals surface area contributed by atoms with Crippen molar-refractivity contribution in [2.24, 2.45) is 0 Å². The van der Waals surface area contributed by atoms with Gasteiger partial charge in [0.2, 0.25) is 5.95 Å². The third kappa shape index (κ3) is 5.34. The molecule has 0 radical (unpaired) electrons. The molecule has 4 aromatic heterocycles. The first-order valence-electron chi connectivity index (χ1n) is 12.8. The van der Waals surface area contributed by atoms with Crippen LogP contribution >= 0.6 is 15.3 Å². The number of nitrogens with two attached hydrogens (primary N) is 2. The van der Waals surface area contributed by atoms with Crippen LogP contribution in [0, 0.1) is 0 Å². The van der Waals surface area contributed by atoms with Gasteiger partial charge in [-0.1, -0.05) is 0 Å². The molecule has 10 atom stereocenters. The first-order chi connectivity index (χ1) is 21.3. The van der Waals surface area contributed by atoms with Crippen molar-refractivity contribution in [3.8, 4) is 0 Å². The molecule has 3 aliphatic rings. The van der Waals surface area contributed by atoms with Crippen LogP contribution in [0.2, 0.25) is 0 Å². The number of ether oxygens (including phenoxy) is 2. The van der Waals surface area contributed by atoms with Crippen molar-refractivity contribution >= 4 is 57.0 Å². The van der Waals surface area contributed by atoms with Gasteiger partial charge >= 0.3 is 7.82 Å². The molecule has 3 saturated heterocycles. The normalized spacial score (nSPS) is 37.7. The second kappa shape index (κ2) is 10.9. The number of H-pyrrole nitrogens is 1. The minimum atomic E-state index is -4.99. The van der Waals surface area contributed by atoms with Crippen molar-refractivity contribution in [1.29, 1.82) is 0 Å². The lowest BCUT2D eigenvalue weighted by atomic mass is 10.1. The number of hydrogen-bond acceptors (Lipinski definition) is 18. The topological polar surface area (TPSA) is 309 Å². The van der Waals surface area contributed by atoms with Gasteiger partial charge in [0.05, 0.1) is 33.4 Å². The smallest absolute Gasteiger partial charge is 0.387 e. The number of imidazole rings is 2. The lowest BCUT2D eigenvalue weighted by Crippen LogP contribution is -2.36. The average molecular weight is 671 g/mol. The Hall–Kier alpha value is -3.34. The van der Waals surface area contributed by atoms with Gasteiger partial charge in [-0.05, 0) is 0 Å². The van der Waals surface area contributed by atoms with Gasteiger partial charge < -0.3 is 49.7 Å². The highest BCUT2D eigenvalue weighted by molar-refractivity contribution is 7.79. The summed E-state index contributed by atoms with van der Waals surface area (Å²) in [6, 6.07) is 0. The third-order valence-electron chi connectivity index (χ3n) is 7.22. The standard InChI is InChI=1S/C20H26BN10O12P2/c21-44(35)38-2-7-12(11(33)18(41-7)30-4-26-8-14(22)24-3-25-15(8)30)43-45(36,37)39-1-6-10(32)13(42-44)19(40-6)31-5-27-9-16(31)28-20(23)29-17(9)34/h3-7,10-13,18-19,32-33H,1-2H2,21H3,(H,36,37)(H2,22,24,25)(H3,23,28,29,34)/q-1/t6-,7-,10?,11+,12?,13+,18-,19-,44?/m1/s1. The van der Waals surface area contributed by atoms with Crippen LogP contribution in [0.15, 0.2) is 23.8 Å². The minimum Gasteiger partial charge on any atom is -0.387 e. The zero-order valence-electron chi connectivity index (χ0n) is 22.0. The van der Waals surface area contributed by atoms with Crippen LogP contribution in [0.1, 0.15) is 12.5 Å². The highest BCUT2D eigenvalue weighted by Crippen LogP contribution is 2.53. The molecule has 7 heterocycles. The van der Waals surface area contributed by atoms with Gasteiger partial charge in [0.1, 0.15) is 55.9 Å². The molecular weight excluding hydrogens is 645 g/mol. The number of aromatic amines is 1. The minimum absolute atomic E-state index is 0.0268. The van der Waals surface area contributed by atoms with E-state index < -0.39 is 90.7 Å². The Balaban J connectivity index is 1.21. The molecule has 22 nitrogen and oxygen atoms in total. The Morgan fingerprint density at radius 3 is 2.36 bits per heavy atom. The van der Waals surface area contributed by atoms with Gasteiger partial charge in [0.15, 0.2) is 35.1 Å². The largest absolute Gasteiger partial charge is 0.472 e. The number of nitrogens with zero attached hydrogens (tertiary/aromatic N) is 7. The lowest BCUT2D eigenvalue weighted by Gasteiger charge is -2.30. The molecule has 0 aromatic carbocycles. The van der Waals surface area contributed by atoms with E-state index in [9.17, 15) is 29.0 Å². The van der Waals surface area contributed by atoms with Crippen LogP contribution in [0.25, 0.3) is 22.3 Å². The molecule has 3 aliphatic heterocycles. The number of hydrogen-bond donors (Lipinski definition) is 6. The van der Waals surface area contributed by atoms with E-state index in [0.29, 0.717) is 0 Å². The Kier molecular flexibility index (Phi) is 7.34. The molecule has 25 heteroatoms. The second-order valence-corrected chi connectivity index (χ2v) is 12.2. The zero-order chi connectivity index (χ0) is 31.8. The Morgan fingerprint density at radius 1 is 0.889 bits per heavy atom. The van der Waals surface area contributed by atoms with E-state index in [-0.39, 0.29) is 34.1 Å². The fourth-order valence-electron chi connectivity index (χ4n) is 5.21. The second-order valence-electron chi connectivity index (χ2n) is 9.89. The maximum Gasteiger partial charge on any atom is 0.472 e. The van der Waals surface area contributed by atoms with E-state index in [0.717, 1.165) is 0 Å². The molecule has 0 spiro atoms. The number of anilines is 2. The number of rotatable bonds is 2.